The molecule has 0 saturated heterocycles. The lowest BCUT2D eigenvalue weighted by molar-refractivity contribution is -0.116. The highest BCUT2D eigenvalue weighted by Gasteiger charge is 2.26. The third kappa shape index (κ3) is 3.76. The van der Waals surface area contributed by atoms with Gasteiger partial charge in [-0.05, 0) is 32.9 Å². The van der Waals surface area contributed by atoms with Gasteiger partial charge in [0.05, 0.1) is 5.69 Å². The molecule has 0 saturated carbocycles. The second-order valence-corrected chi connectivity index (χ2v) is 4.84. The van der Waals surface area contributed by atoms with Crippen molar-refractivity contribution in [3.05, 3.63) is 24.3 Å². The molecule has 0 heterocycles. The van der Waals surface area contributed by atoms with Gasteiger partial charge in [-0.3, -0.25) is 4.79 Å². The summed E-state index contributed by atoms with van der Waals surface area (Å²) in [6.07, 6.45) is -0.739. The number of imide groups is 1. The van der Waals surface area contributed by atoms with E-state index in [1.807, 2.05) is 0 Å². The van der Waals surface area contributed by atoms with Gasteiger partial charge in [0.2, 0.25) is 5.91 Å². The predicted molar refractivity (Wildman–Crippen MR) is 69.1 cm³/mol. The minimum absolute atomic E-state index is 0.275. The van der Waals surface area contributed by atoms with E-state index in [1.54, 1.807) is 32.9 Å². The molecule has 1 aromatic rings. The molecule has 0 unspecified atom stereocenters. The van der Waals surface area contributed by atoms with Crippen molar-refractivity contribution < 1.29 is 14.3 Å². The molecule has 0 aliphatic carbocycles. The number of rotatable bonds is 1. The summed E-state index contributed by atoms with van der Waals surface area (Å²) in [4.78, 5) is 24.4. The van der Waals surface area contributed by atoms with Crippen LogP contribution in [0.15, 0.2) is 18.2 Å². The smallest absolute Gasteiger partial charge is 0.421 e. The fourth-order valence-electron chi connectivity index (χ4n) is 1.30. The Morgan fingerprint density at radius 3 is 2.44 bits per heavy atom. The normalized spacial score (nSPS) is 10.9. The zero-order valence-electron chi connectivity index (χ0n) is 11.0. The van der Waals surface area contributed by atoms with Crippen molar-refractivity contribution in [2.45, 2.75) is 33.3 Å². The number of nitrogen functional groups attached to an aromatic ring is 1. The first-order valence-electron chi connectivity index (χ1n) is 5.51. The molecular weight excluding hydrogens is 232 g/mol. The van der Waals surface area contributed by atoms with Crippen LogP contribution in [-0.2, 0) is 9.53 Å². The van der Waals surface area contributed by atoms with E-state index in [4.69, 9.17) is 10.5 Å². The quantitative estimate of drug-likeness (QED) is 0.775. The number of anilines is 2. The van der Waals surface area contributed by atoms with Crippen molar-refractivity contribution >= 4 is 23.4 Å². The Balaban J connectivity index is 3.04. The first kappa shape index (κ1) is 14.0. The van der Waals surface area contributed by atoms with Crippen LogP contribution < -0.4 is 10.6 Å². The molecule has 18 heavy (non-hydrogen) atoms. The molecule has 1 aromatic carbocycles. The molecule has 0 atom stereocenters. The number of hydrogen-bond acceptors (Lipinski definition) is 4. The lowest BCUT2D eigenvalue weighted by atomic mass is 10.2. The molecule has 0 aromatic heterocycles. The number of amides is 2. The van der Waals surface area contributed by atoms with Crippen LogP contribution in [0.3, 0.4) is 0 Å². The number of hydrogen-bond donors (Lipinski definition) is 1. The van der Waals surface area contributed by atoms with Crippen molar-refractivity contribution in [3.8, 4) is 0 Å². The van der Waals surface area contributed by atoms with Crippen LogP contribution in [0.1, 0.15) is 27.7 Å². The fraction of sp³-hybridized carbons (Fsp3) is 0.385. The van der Waals surface area contributed by atoms with Gasteiger partial charge in [-0.25, -0.2) is 9.69 Å². The van der Waals surface area contributed by atoms with Crippen LogP contribution in [0.5, 0.6) is 0 Å². The van der Waals surface area contributed by atoms with Crippen LogP contribution in [0.25, 0.3) is 0 Å². The Hall–Kier alpha value is -2.04. The van der Waals surface area contributed by atoms with Crippen molar-refractivity contribution in [2.75, 3.05) is 10.6 Å². The molecule has 2 N–H and O–H groups in total. The number of carbonyl (C=O) groups is 2. The van der Waals surface area contributed by atoms with E-state index in [0.717, 1.165) is 4.90 Å². The van der Waals surface area contributed by atoms with E-state index in [9.17, 15) is 9.59 Å². The molecule has 1 rings (SSSR count). The highest BCUT2D eigenvalue weighted by Crippen LogP contribution is 2.20. The Kier molecular flexibility index (Phi) is 3.96. The third-order valence-electron chi connectivity index (χ3n) is 1.94. The van der Waals surface area contributed by atoms with Crippen LogP contribution in [0.2, 0.25) is 0 Å². The Morgan fingerprint density at radius 2 is 2.00 bits per heavy atom. The van der Waals surface area contributed by atoms with E-state index in [-0.39, 0.29) is 5.69 Å². The zero-order valence-corrected chi connectivity index (χ0v) is 11.0. The van der Waals surface area contributed by atoms with E-state index < -0.39 is 17.6 Å². The number of ether oxygens (including phenoxy) is 1. The summed E-state index contributed by atoms with van der Waals surface area (Å²) in [6, 6.07) is 7.44. The maximum absolute atomic E-state index is 11.9. The van der Waals surface area contributed by atoms with Crippen molar-refractivity contribution in [1.29, 1.82) is 0 Å². The molecule has 97 valence electrons. The molecule has 0 aliphatic heterocycles. The van der Waals surface area contributed by atoms with E-state index >= 15 is 0 Å². The summed E-state index contributed by atoms with van der Waals surface area (Å²) < 4.78 is 5.16. The minimum Gasteiger partial charge on any atom is -0.443 e. The van der Waals surface area contributed by atoms with Gasteiger partial charge in [-0.2, -0.15) is 0 Å². The van der Waals surface area contributed by atoms with E-state index in [1.165, 1.54) is 13.0 Å². The Morgan fingerprint density at radius 1 is 1.39 bits per heavy atom. The molecule has 5 heteroatoms. The zero-order chi connectivity index (χ0) is 13.9. The van der Waals surface area contributed by atoms with Crippen LogP contribution in [0, 0.1) is 6.07 Å². The molecule has 0 bridgehead atoms. The number of benzene rings is 1. The van der Waals surface area contributed by atoms with Crippen molar-refractivity contribution in [1.82, 2.24) is 0 Å². The Labute approximate surface area is 107 Å². The standard InChI is InChI=1S/C13H17N2O3/c1-9(16)15(12(17)18-13(2,3)4)11-7-5-6-10(14)8-11/h5-6,8H,14H2,1-4H3. The minimum atomic E-state index is -0.739. The Bertz CT molecular complexity index is 464. The third-order valence-corrected chi connectivity index (χ3v) is 1.94. The first-order chi connectivity index (χ1) is 8.20. The topological polar surface area (TPSA) is 72.6 Å². The predicted octanol–water partition coefficient (Wildman–Crippen LogP) is 2.36. The average molecular weight is 249 g/mol. The largest absolute Gasteiger partial charge is 0.443 e. The number of nitrogens with zero attached hydrogens (tertiary/aromatic N) is 1. The van der Waals surface area contributed by atoms with Gasteiger partial charge in [0.15, 0.2) is 0 Å². The summed E-state index contributed by atoms with van der Waals surface area (Å²) in [5.41, 5.74) is 5.66. The molecule has 5 nitrogen and oxygen atoms in total. The maximum Gasteiger partial charge on any atom is 0.421 e. The summed E-state index contributed by atoms with van der Waals surface area (Å²) in [6.45, 7) is 6.46. The fourth-order valence-corrected chi connectivity index (χ4v) is 1.30. The number of nitrogens with two attached hydrogens (primary N) is 1. The van der Waals surface area contributed by atoms with Gasteiger partial charge < -0.3 is 10.5 Å². The maximum atomic E-state index is 11.9. The summed E-state index contributed by atoms with van der Waals surface area (Å²) in [7, 11) is 0. The highest BCUT2D eigenvalue weighted by molar-refractivity contribution is 6.11. The van der Waals surface area contributed by atoms with Gasteiger partial charge in [-0.1, -0.05) is 6.07 Å². The second kappa shape index (κ2) is 5.08. The highest BCUT2D eigenvalue weighted by atomic mass is 16.6. The lowest BCUT2D eigenvalue weighted by Gasteiger charge is -2.25. The van der Waals surface area contributed by atoms with Gasteiger partial charge in [-0.15, -0.1) is 0 Å². The molecule has 0 fully saturated rings. The van der Waals surface area contributed by atoms with E-state index in [2.05, 4.69) is 6.07 Å². The molecular formula is C13H17N2O3. The molecule has 1 radical (unpaired) electrons. The monoisotopic (exact) mass is 249 g/mol. The summed E-state index contributed by atoms with van der Waals surface area (Å²) in [5.74, 6) is -0.453. The van der Waals surface area contributed by atoms with Crippen LogP contribution >= 0.6 is 0 Å². The average Bonchev–Trinajstić information content (AvgIpc) is 2.13. The molecule has 2 amide bonds. The lowest BCUT2D eigenvalue weighted by Crippen LogP contribution is -2.39. The summed E-state index contributed by atoms with van der Waals surface area (Å²) >= 11 is 0. The van der Waals surface area contributed by atoms with Gasteiger partial charge in [0.25, 0.3) is 0 Å². The SMILES string of the molecule is CC(=O)N(C(=O)OC(C)(C)C)c1[c]ccc(N)c1. The first-order valence-corrected chi connectivity index (χ1v) is 5.51. The van der Waals surface area contributed by atoms with Crippen molar-refractivity contribution in [2.24, 2.45) is 0 Å². The summed E-state index contributed by atoms with van der Waals surface area (Å²) in [5, 5.41) is 0. The van der Waals surface area contributed by atoms with Crippen molar-refractivity contribution in [3.63, 3.8) is 0 Å². The van der Waals surface area contributed by atoms with Gasteiger partial charge >= 0.3 is 6.09 Å². The van der Waals surface area contributed by atoms with Crippen LogP contribution in [0.4, 0.5) is 16.2 Å². The van der Waals surface area contributed by atoms with Gasteiger partial charge in [0.1, 0.15) is 5.60 Å². The van der Waals surface area contributed by atoms with Crippen LogP contribution in [-0.4, -0.2) is 17.6 Å². The molecule has 0 spiro atoms. The van der Waals surface area contributed by atoms with Gasteiger partial charge in [0, 0.05) is 18.7 Å². The number of carbonyl (C=O) groups excluding carboxylic acids is 2. The van der Waals surface area contributed by atoms with E-state index in [0.29, 0.717) is 5.69 Å². The second-order valence-electron chi connectivity index (χ2n) is 4.84. The molecule has 0 aliphatic rings.